The third kappa shape index (κ3) is 4.29. The van der Waals surface area contributed by atoms with E-state index in [0.29, 0.717) is 5.56 Å². The molecule has 2 N–H and O–H groups in total. The lowest BCUT2D eigenvalue weighted by molar-refractivity contribution is 0.582. The molecule has 0 aliphatic heterocycles. The van der Waals surface area contributed by atoms with Crippen LogP contribution in [0.25, 0.3) is 0 Å². The van der Waals surface area contributed by atoms with Gasteiger partial charge in [-0.3, -0.25) is 0 Å². The van der Waals surface area contributed by atoms with Crippen LogP contribution in [0.2, 0.25) is 0 Å². The average Bonchev–Trinajstić information content (AvgIpc) is 2.36. The van der Waals surface area contributed by atoms with Gasteiger partial charge in [0.1, 0.15) is 0 Å². The van der Waals surface area contributed by atoms with Crippen LogP contribution in [0, 0.1) is 0 Å². The summed E-state index contributed by atoms with van der Waals surface area (Å²) in [7, 11) is -6.95. The van der Waals surface area contributed by atoms with Crippen LogP contribution < -0.4 is 5.73 Å². The number of rotatable bonds is 6. The number of hydrogen-bond acceptors (Lipinski definition) is 5. The van der Waals surface area contributed by atoms with E-state index in [1.165, 1.54) is 26.0 Å². The Balaban J connectivity index is 2.93. The van der Waals surface area contributed by atoms with E-state index in [2.05, 4.69) is 0 Å². The van der Waals surface area contributed by atoms with E-state index in [0.717, 1.165) is 0 Å². The third-order valence-electron chi connectivity index (χ3n) is 2.85. The lowest BCUT2D eigenvalue weighted by atomic mass is 10.2. The predicted molar refractivity (Wildman–Crippen MR) is 75.3 cm³/mol. The molecule has 1 aromatic rings. The van der Waals surface area contributed by atoms with Gasteiger partial charge in [-0.05, 0) is 31.5 Å². The van der Waals surface area contributed by atoms with Crippen LogP contribution in [0.5, 0.6) is 0 Å². The fraction of sp³-hybridized carbons (Fsp3) is 0.500. The smallest absolute Gasteiger partial charge is 0.179 e. The van der Waals surface area contributed by atoms with Crippen LogP contribution in [-0.4, -0.2) is 33.6 Å². The van der Waals surface area contributed by atoms with Gasteiger partial charge in [0.15, 0.2) is 19.7 Å². The summed E-state index contributed by atoms with van der Waals surface area (Å²) in [5, 5.41) is -0.571. The van der Waals surface area contributed by atoms with Gasteiger partial charge in [0.2, 0.25) is 0 Å². The van der Waals surface area contributed by atoms with Gasteiger partial charge in [0.25, 0.3) is 0 Å². The summed E-state index contributed by atoms with van der Waals surface area (Å²) in [6.45, 7) is 3.32. The van der Waals surface area contributed by atoms with E-state index in [-0.39, 0.29) is 17.2 Å². The molecule has 1 rings (SSSR count). The molecular weight excluding hydrogens is 286 g/mol. The highest BCUT2D eigenvalue weighted by atomic mass is 32.2. The zero-order valence-electron chi connectivity index (χ0n) is 11.0. The maximum Gasteiger partial charge on any atom is 0.179 e. The summed E-state index contributed by atoms with van der Waals surface area (Å²) in [5.74, 6) is -0.763. The first-order chi connectivity index (χ1) is 8.69. The van der Waals surface area contributed by atoms with Crippen LogP contribution in [0.4, 0.5) is 0 Å². The van der Waals surface area contributed by atoms with Crippen LogP contribution in [0.1, 0.15) is 19.4 Å². The summed E-state index contributed by atoms with van der Waals surface area (Å²) in [4.78, 5) is 0.120. The van der Waals surface area contributed by atoms with Gasteiger partial charge in [0.05, 0.1) is 21.7 Å². The zero-order valence-corrected chi connectivity index (χ0v) is 12.7. The minimum absolute atomic E-state index is 0.120. The largest absolute Gasteiger partial charge is 0.326 e. The molecule has 0 aromatic heterocycles. The highest BCUT2D eigenvalue weighted by Crippen LogP contribution is 2.14. The standard InChI is InChI=1S/C12H19NO4S2/c1-10(2)18(14,15)6-7-19(16,17)12-5-3-4-11(8-12)9-13/h3-5,8,10H,6-7,9,13H2,1-2H3. The minimum Gasteiger partial charge on any atom is -0.326 e. The SMILES string of the molecule is CC(C)S(=O)(=O)CCS(=O)(=O)c1cccc(CN)c1. The van der Waals surface area contributed by atoms with Crippen molar-refractivity contribution >= 4 is 19.7 Å². The molecule has 0 saturated carbocycles. The third-order valence-corrected chi connectivity index (χ3v) is 7.03. The summed E-state index contributed by atoms with van der Waals surface area (Å²) in [6.07, 6.45) is 0. The van der Waals surface area contributed by atoms with E-state index < -0.39 is 30.7 Å². The van der Waals surface area contributed by atoms with Crippen molar-refractivity contribution in [2.24, 2.45) is 5.73 Å². The maximum absolute atomic E-state index is 12.1. The fourth-order valence-electron chi connectivity index (χ4n) is 1.45. The molecule has 0 heterocycles. The molecule has 0 unspecified atom stereocenters. The quantitative estimate of drug-likeness (QED) is 0.836. The number of benzene rings is 1. The Bertz CT molecular complexity index is 633. The Kier molecular flexibility index (Phi) is 5.11. The Morgan fingerprint density at radius 1 is 1.11 bits per heavy atom. The summed E-state index contributed by atoms with van der Waals surface area (Å²) < 4.78 is 47.4. The summed E-state index contributed by atoms with van der Waals surface area (Å²) in [6, 6.07) is 6.27. The first kappa shape index (κ1) is 16.1. The molecule has 0 saturated heterocycles. The highest BCUT2D eigenvalue weighted by Gasteiger charge is 2.22. The molecule has 0 bridgehead atoms. The van der Waals surface area contributed by atoms with Gasteiger partial charge in [-0.2, -0.15) is 0 Å². The minimum atomic E-state index is -3.59. The average molecular weight is 305 g/mol. The van der Waals surface area contributed by atoms with E-state index in [9.17, 15) is 16.8 Å². The van der Waals surface area contributed by atoms with Crippen molar-refractivity contribution in [3.05, 3.63) is 29.8 Å². The second-order valence-corrected chi connectivity index (χ2v) is 9.37. The zero-order chi connectivity index (χ0) is 14.7. The van der Waals surface area contributed by atoms with E-state index >= 15 is 0 Å². The van der Waals surface area contributed by atoms with Gasteiger partial charge < -0.3 is 5.73 Å². The van der Waals surface area contributed by atoms with Crippen LogP contribution in [-0.2, 0) is 26.2 Å². The Hall–Kier alpha value is -0.920. The second-order valence-electron chi connectivity index (χ2n) is 4.59. The molecule has 108 valence electrons. The number of hydrogen-bond donors (Lipinski definition) is 1. The first-order valence-corrected chi connectivity index (χ1v) is 9.29. The second kappa shape index (κ2) is 6.02. The van der Waals surface area contributed by atoms with Crippen molar-refractivity contribution in [2.45, 2.75) is 30.5 Å². The monoisotopic (exact) mass is 305 g/mol. The van der Waals surface area contributed by atoms with Crippen molar-refractivity contribution in [3.63, 3.8) is 0 Å². The molecule has 7 heteroatoms. The highest BCUT2D eigenvalue weighted by molar-refractivity contribution is 7.95. The molecule has 19 heavy (non-hydrogen) atoms. The molecule has 1 aromatic carbocycles. The first-order valence-electron chi connectivity index (χ1n) is 5.92. The van der Waals surface area contributed by atoms with Crippen LogP contribution in [0.15, 0.2) is 29.2 Å². The topological polar surface area (TPSA) is 94.3 Å². The molecule has 0 fully saturated rings. The van der Waals surface area contributed by atoms with Crippen molar-refractivity contribution < 1.29 is 16.8 Å². The van der Waals surface area contributed by atoms with E-state index in [1.54, 1.807) is 12.1 Å². The molecule has 0 radical (unpaired) electrons. The van der Waals surface area contributed by atoms with Crippen molar-refractivity contribution in [1.29, 1.82) is 0 Å². The Morgan fingerprint density at radius 2 is 1.74 bits per heavy atom. The molecular formula is C12H19NO4S2. The van der Waals surface area contributed by atoms with Crippen molar-refractivity contribution in [2.75, 3.05) is 11.5 Å². The maximum atomic E-state index is 12.1. The van der Waals surface area contributed by atoms with Crippen LogP contribution >= 0.6 is 0 Å². The Labute approximate surface area is 114 Å². The molecule has 0 spiro atoms. The van der Waals surface area contributed by atoms with Gasteiger partial charge in [-0.1, -0.05) is 12.1 Å². The fourth-order valence-corrected chi connectivity index (χ4v) is 4.58. The summed E-state index contributed by atoms with van der Waals surface area (Å²) >= 11 is 0. The molecule has 0 amide bonds. The molecule has 0 aliphatic rings. The molecule has 5 nitrogen and oxygen atoms in total. The predicted octanol–water partition coefficient (Wildman–Crippen LogP) is 0.742. The lowest BCUT2D eigenvalue weighted by Crippen LogP contribution is -2.23. The van der Waals surface area contributed by atoms with Gasteiger partial charge in [0, 0.05) is 6.54 Å². The van der Waals surface area contributed by atoms with Crippen LogP contribution in [0.3, 0.4) is 0 Å². The normalized spacial score (nSPS) is 12.8. The van der Waals surface area contributed by atoms with Crippen molar-refractivity contribution in [1.82, 2.24) is 0 Å². The van der Waals surface area contributed by atoms with Gasteiger partial charge in [-0.25, -0.2) is 16.8 Å². The van der Waals surface area contributed by atoms with E-state index in [4.69, 9.17) is 5.73 Å². The molecule has 0 atom stereocenters. The van der Waals surface area contributed by atoms with Gasteiger partial charge in [-0.15, -0.1) is 0 Å². The van der Waals surface area contributed by atoms with Gasteiger partial charge >= 0.3 is 0 Å². The number of sulfone groups is 2. The van der Waals surface area contributed by atoms with Crippen molar-refractivity contribution in [3.8, 4) is 0 Å². The lowest BCUT2D eigenvalue weighted by Gasteiger charge is -2.09. The number of nitrogens with two attached hydrogens (primary N) is 1. The summed E-state index contributed by atoms with van der Waals surface area (Å²) in [5.41, 5.74) is 6.16. The Morgan fingerprint density at radius 3 is 2.26 bits per heavy atom. The van der Waals surface area contributed by atoms with E-state index in [1.807, 2.05) is 0 Å². The molecule has 0 aliphatic carbocycles.